The van der Waals surface area contributed by atoms with Gasteiger partial charge in [-0.25, -0.2) is 18.0 Å². The van der Waals surface area contributed by atoms with Crippen molar-refractivity contribution >= 4 is 45.4 Å². The quantitative estimate of drug-likeness (QED) is 0.0779. The number of carbonyl (C=O) groups excluding carboxylic acids is 4. The summed E-state index contributed by atoms with van der Waals surface area (Å²) >= 11 is 1.76. The zero-order chi connectivity index (χ0) is 46.5. The van der Waals surface area contributed by atoms with Crippen molar-refractivity contribution in [3.05, 3.63) is 204 Å². The van der Waals surface area contributed by atoms with E-state index in [4.69, 9.17) is 9.47 Å². The number of methoxy groups -OCH3 is 2. The number of amides is 2. The third kappa shape index (κ3) is 11.7. The van der Waals surface area contributed by atoms with Crippen molar-refractivity contribution in [1.29, 1.82) is 0 Å². The van der Waals surface area contributed by atoms with E-state index in [9.17, 15) is 27.6 Å². The number of rotatable bonds is 14. The molecule has 0 saturated carbocycles. The minimum absolute atomic E-state index is 0.0509. The SMILES string of the molecule is COC(=O)[C@@H]1C[C@H](CS(=O)(=O)c2ccccc2)CN1C(=O)C(c1ccccc1)c1ccccc1.COC(=O)[C@@H]1C[C@H](CSc2ccccc2)CN1C(=O)C(c1ccccc1)c1ccccc1. The molecule has 8 rings (SSSR count). The molecule has 10 nitrogen and oxygen atoms in total. The van der Waals surface area contributed by atoms with Gasteiger partial charge in [-0.15, -0.1) is 11.8 Å². The van der Waals surface area contributed by atoms with Crippen molar-refractivity contribution in [2.45, 2.75) is 46.6 Å². The molecule has 2 fully saturated rings. The van der Waals surface area contributed by atoms with Crippen LogP contribution in [-0.2, 0) is 38.5 Å². The van der Waals surface area contributed by atoms with E-state index in [1.54, 1.807) is 47.0 Å². The molecule has 2 amide bonds. The second-order valence-corrected chi connectivity index (χ2v) is 19.6. The lowest BCUT2D eigenvalue weighted by Gasteiger charge is -2.28. The summed E-state index contributed by atoms with van der Waals surface area (Å²) in [7, 11) is -0.889. The lowest BCUT2D eigenvalue weighted by Crippen LogP contribution is -2.43. The molecule has 0 unspecified atom stereocenters. The summed E-state index contributed by atoms with van der Waals surface area (Å²) in [5.41, 5.74) is 3.47. The van der Waals surface area contributed by atoms with E-state index in [1.807, 2.05) is 140 Å². The predicted octanol–water partition coefficient (Wildman–Crippen LogP) is 8.68. The molecular formula is C54H54N2O8S2. The summed E-state index contributed by atoms with van der Waals surface area (Å²) in [6, 6.07) is 55.4. The number of sulfone groups is 1. The van der Waals surface area contributed by atoms with Gasteiger partial charge in [0.1, 0.15) is 12.1 Å². The minimum atomic E-state index is -3.56. The fourth-order valence-electron chi connectivity index (χ4n) is 8.93. The summed E-state index contributed by atoms with van der Waals surface area (Å²) in [4.78, 5) is 57.8. The van der Waals surface area contributed by atoms with Gasteiger partial charge in [0.2, 0.25) is 11.8 Å². The monoisotopic (exact) mass is 922 g/mol. The van der Waals surface area contributed by atoms with Gasteiger partial charge in [-0.3, -0.25) is 9.59 Å². The highest BCUT2D eigenvalue weighted by molar-refractivity contribution is 7.99. The Balaban J connectivity index is 0.000000197. The number of thioether (sulfide) groups is 1. The van der Waals surface area contributed by atoms with E-state index < -0.39 is 39.7 Å². The molecular weight excluding hydrogens is 869 g/mol. The Morgan fingerprint density at radius 2 is 0.848 bits per heavy atom. The molecule has 0 spiro atoms. The van der Waals surface area contributed by atoms with E-state index in [1.165, 1.54) is 24.0 Å². The normalized spacial score (nSPS) is 18.1. The fourth-order valence-corrected chi connectivity index (χ4v) is 11.6. The maximum atomic E-state index is 13.9. The number of ether oxygens (including phenoxy) is 2. The molecule has 0 aliphatic carbocycles. The van der Waals surface area contributed by atoms with Crippen molar-refractivity contribution in [3.8, 4) is 0 Å². The molecule has 12 heteroatoms. The Bertz CT molecular complexity index is 2550. The first kappa shape index (κ1) is 47.5. The lowest BCUT2D eigenvalue weighted by molar-refractivity contribution is -0.151. The average molecular weight is 923 g/mol. The van der Waals surface area contributed by atoms with Crippen molar-refractivity contribution in [2.24, 2.45) is 11.8 Å². The van der Waals surface area contributed by atoms with Crippen LogP contribution in [0, 0.1) is 11.8 Å². The first-order chi connectivity index (χ1) is 32.1. The fraction of sp³-hybridized carbons (Fsp3) is 0.259. The Morgan fingerprint density at radius 3 is 1.23 bits per heavy atom. The van der Waals surface area contributed by atoms with Crippen LogP contribution in [0.3, 0.4) is 0 Å². The van der Waals surface area contributed by atoms with Crippen LogP contribution in [0.5, 0.6) is 0 Å². The van der Waals surface area contributed by atoms with Gasteiger partial charge in [0.25, 0.3) is 0 Å². The molecule has 2 heterocycles. The molecule has 6 aromatic rings. The number of hydrogen-bond donors (Lipinski definition) is 0. The molecule has 2 saturated heterocycles. The van der Waals surface area contributed by atoms with Crippen LogP contribution in [0.1, 0.15) is 46.9 Å². The highest BCUT2D eigenvalue weighted by atomic mass is 32.2. The zero-order valence-corrected chi connectivity index (χ0v) is 38.6. The first-order valence-electron chi connectivity index (χ1n) is 22.0. The Kier molecular flexibility index (Phi) is 16.3. The van der Waals surface area contributed by atoms with Crippen LogP contribution in [0.4, 0.5) is 0 Å². The maximum absolute atomic E-state index is 13.9. The van der Waals surface area contributed by atoms with Crippen molar-refractivity contribution in [3.63, 3.8) is 0 Å². The third-order valence-electron chi connectivity index (χ3n) is 12.1. The van der Waals surface area contributed by atoms with Gasteiger partial charge in [-0.05, 0) is 71.2 Å². The molecule has 0 radical (unpaired) electrons. The van der Waals surface area contributed by atoms with E-state index in [2.05, 4.69) is 12.1 Å². The van der Waals surface area contributed by atoms with Gasteiger partial charge >= 0.3 is 11.9 Å². The minimum Gasteiger partial charge on any atom is -0.467 e. The topological polar surface area (TPSA) is 127 Å². The molecule has 0 N–H and O–H groups in total. The predicted molar refractivity (Wildman–Crippen MR) is 256 cm³/mol. The summed E-state index contributed by atoms with van der Waals surface area (Å²) < 4.78 is 36.0. The van der Waals surface area contributed by atoms with Crippen LogP contribution >= 0.6 is 11.8 Å². The van der Waals surface area contributed by atoms with Gasteiger partial charge in [-0.2, -0.15) is 0 Å². The van der Waals surface area contributed by atoms with E-state index in [-0.39, 0.29) is 53.2 Å². The van der Waals surface area contributed by atoms with Crippen LogP contribution in [-0.4, -0.2) is 92.9 Å². The van der Waals surface area contributed by atoms with E-state index in [0.29, 0.717) is 13.0 Å². The van der Waals surface area contributed by atoms with Gasteiger partial charge < -0.3 is 19.3 Å². The molecule has 2 aliphatic rings. The molecule has 4 atom stereocenters. The number of benzene rings is 6. The standard InChI is InChI=1S/C27H27NO5S.C27H27NO3S/c1-33-27(30)24-17-20(19-34(31,32)23-15-9-4-10-16-23)18-28(24)26(29)25(21-11-5-2-6-12-21)22-13-7-3-8-14-22;1-31-27(30)24-17-20(19-32-23-15-9-4-10-16-23)18-28(24)26(29)25(21-11-5-2-6-12-21)22-13-7-3-8-14-22/h2-16,20,24-25H,17-19H2,1H3;2-16,20,24-25H,17-19H2,1H3/t2*20-,24-/m00/s1. The van der Waals surface area contributed by atoms with Gasteiger partial charge in [0.15, 0.2) is 9.84 Å². The summed E-state index contributed by atoms with van der Waals surface area (Å²) in [5, 5.41) is 0. The van der Waals surface area contributed by atoms with E-state index >= 15 is 0 Å². The molecule has 340 valence electrons. The molecule has 0 bridgehead atoms. The van der Waals surface area contributed by atoms with Crippen LogP contribution in [0.15, 0.2) is 192 Å². The summed E-state index contributed by atoms with van der Waals surface area (Å²) in [5.74, 6) is -1.69. The van der Waals surface area contributed by atoms with Gasteiger partial charge in [0.05, 0.1) is 36.7 Å². The highest BCUT2D eigenvalue weighted by Gasteiger charge is 2.45. The number of hydrogen-bond acceptors (Lipinski definition) is 9. The molecule has 66 heavy (non-hydrogen) atoms. The maximum Gasteiger partial charge on any atom is 0.328 e. The van der Waals surface area contributed by atoms with E-state index in [0.717, 1.165) is 28.0 Å². The number of esters is 2. The van der Waals surface area contributed by atoms with Crippen LogP contribution in [0.2, 0.25) is 0 Å². The van der Waals surface area contributed by atoms with Crippen LogP contribution in [0.25, 0.3) is 0 Å². The number of nitrogens with zero attached hydrogens (tertiary/aromatic N) is 2. The first-order valence-corrected chi connectivity index (χ1v) is 24.6. The number of likely N-dealkylation sites (tertiary alicyclic amines) is 2. The molecule has 6 aromatic carbocycles. The second-order valence-electron chi connectivity index (χ2n) is 16.5. The van der Waals surface area contributed by atoms with Gasteiger partial charge in [0, 0.05) is 23.7 Å². The number of carbonyl (C=O) groups is 4. The Morgan fingerprint density at radius 1 is 0.515 bits per heavy atom. The Hall–Kier alpha value is -6.50. The van der Waals surface area contributed by atoms with Gasteiger partial charge in [-0.1, -0.05) is 158 Å². The zero-order valence-electron chi connectivity index (χ0n) is 37.0. The lowest BCUT2D eigenvalue weighted by atomic mass is 9.90. The molecule has 2 aliphatic heterocycles. The largest absolute Gasteiger partial charge is 0.467 e. The highest BCUT2D eigenvalue weighted by Crippen LogP contribution is 2.36. The van der Waals surface area contributed by atoms with Crippen molar-refractivity contribution in [2.75, 3.05) is 38.8 Å². The smallest absolute Gasteiger partial charge is 0.328 e. The molecule has 0 aromatic heterocycles. The Labute approximate surface area is 391 Å². The third-order valence-corrected chi connectivity index (χ3v) is 15.2. The summed E-state index contributed by atoms with van der Waals surface area (Å²) in [6.45, 7) is 0.718. The van der Waals surface area contributed by atoms with Crippen molar-refractivity contribution in [1.82, 2.24) is 9.80 Å². The second kappa shape index (κ2) is 22.6. The average Bonchev–Trinajstić information content (AvgIpc) is 4.00. The van der Waals surface area contributed by atoms with Crippen LogP contribution < -0.4 is 0 Å². The van der Waals surface area contributed by atoms with Crippen molar-refractivity contribution < 1.29 is 37.1 Å². The summed E-state index contributed by atoms with van der Waals surface area (Å²) in [6.07, 6.45) is 0.856.